The molecule has 0 saturated carbocycles. The van der Waals surface area contributed by atoms with Crippen molar-refractivity contribution in [1.82, 2.24) is 4.98 Å². The topological polar surface area (TPSA) is 29.1 Å². The molecular formula is C16H33NOSi. The first-order valence-corrected chi connectivity index (χ1v) is 10.3. The molecule has 0 rings (SSSR count). The Morgan fingerprint density at radius 1 is 1.16 bits per heavy atom. The third kappa shape index (κ3) is 5.13. The van der Waals surface area contributed by atoms with Crippen molar-refractivity contribution in [3.63, 3.8) is 0 Å². The summed E-state index contributed by atoms with van der Waals surface area (Å²) in [6.45, 7) is 16.9. The normalized spacial score (nSPS) is 13.4. The van der Waals surface area contributed by atoms with E-state index in [1.54, 1.807) is 0 Å². The van der Waals surface area contributed by atoms with Crippen LogP contribution in [0.4, 0.5) is 0 Å². The monoisotopic (exact) mass is 283 g/mol. The fourth-order valence-corrected chi connectivity index (χ4v) is 9.37. The van der Waals surface area contributed by atoms with Crippen molar-refractivity contribution < 1.29 is 4.79 Å². The molecule has 0 aromatic heterocycles. The third-order valence-electron chi connectivity index (χ3n) is 4.10. The summed E-state index contributed by atoms with van der Waals surface area (Å²) < 4.78 is 0. The van der Waals surface area contributed by atoms with E-state index in [0.29, 0.717) is 17.0 Å². The van der Waals surface area contributed by atoms with Crippen LogP contribution in [0.2, 0.25) is 17.6 Å². The van der Waals surface area contributed by atoms with Crippen LogP contribution in [0.5, 0.6) is 0 Å². The molecule has 0 heterocycles. The lowest BCUT2D eigenvalue weighted by Crippen LogP contribution is -2.57. The molecule has 3 heteroatoms. The first-order chi connectivity index (χ1) is 8.84. The molecule has 1 amide bonds. The van der Waals surface area contributed by atoms with E-state index >= 15 is 0 Å². The summed E-state index contributed by atoms with van der Waals surface area (Å²) in [5.41, 5.74) is 1.30. The van der Waals surface area contributed by atoms with Crippen molar-refractivity contribution in [3.05, 3.63) is 12.2 Å². The molecule has 1 N–H and O–H groups in total. The highest BCUT2D eigenvalue weighted by Gasteiger charge is 2.42. The van der Waals surface area contributed by atoms with Crippen LogP contribution < -0.4 is 4.98 Å². The van der Waals surface area contributed by atoms with Gasteiger partial charge in [0.15, 0.2) is 8.24 Å². The van der Waals surface area contributed by atoms with Crippen LogP contribution in [-0.2, 0) is 4.79 Å². The summed E-state index contributed by atoms with van der Waals surface area (Å²) in [4.78, 5) is 15.6. The zero-order valence-electron chi connectivity index (χ0n) is 13.8. The molecule has 0 spiro atoms. The first kappa shape index (κ1) is 18.4. The molecule has 19 heavy (non-hydrogen) atoms. The van der Waals surface area contributed by atoms with Gasteiger partial charge >= 0.3 is 0 Å². The zero-order chi connectivity index (χ0) is 15.1. The van der Waals surface area contributed by atoms with E-state index in [4.69, 9.17) is 0 Å². The third-order valence-corrected chi connectivity index (χ3v) is 10.1. The van der Waals surface area contributed by atoms with E-state index in [1.807, 2.05) is 6.92 Å². The fraction of sp³-hybridized carbons (Fsp3) is 0.812. The van der Waals surface area contributed by atoms with Crippen LogP contribution in [-0.4, -0.2) is 14.1 Å². The van der Waals surface area contributed by atoms with Crippen molar-refractivity contribution >= 4 is 14.1 Å². The SMILES string of the molecule is C=C(C)C(=O)N[Si](CCC)(CCC)C(CC)C(C)C. The molecule has 0 radical (unpaired) electrons. The van der Waals surface area contributed by atoms with Gasteiger partial charge in [0.05, 0.1) is 0 Å². The van der Waals surface area contributed by atoms with Gasteiger partial charge in [-0.05, 0) is 30.5 Å². The maximum Gasteiger partial charge on any atom is 0.238 e. The van der Waals surface area contributed by atoms with Crippen molar-refractivity contribution in [3.8, 4) is 0 Å². The first-order valence-electron chi connectivity index (χ1n) is 7.82. The van der Waals surface area contributed by atoms with Gasteiger partial charge < -0.3 is 4.98 Å². The Kier molecular flexibility index (Phi) is 8.31. The Morgan fingerprint density at radius 2 is 1.63 bits per heavy atom. The van der Waals surface area contributed by atoms with E-state index in [-0.39, 0.29) is 5.91 Å². The maximum atomic E-state index is 12.2. The van der Waals surface area contributed by atoms with Gasteiger partial charge in [-0.3, -0.25) is 4.79 Å². The smallest absolute Gasteiger partial charge is 0.238 e. The van der Waals surface area contributed by atoms with Gasteiger partial charge in [-0.2, -0.15) is 0 Å². The highest BCUT2D eigenvalue weighted by atomic mass is 28.3. The van der Waals surface area contributed by atoms with E-state index in [1.165, 1.54) is 18.5 Å². The van der Waals surface area contributed by atoms with Crippen LogP contribution in [0.15, 0.2) is 12.2 Å². The largest absolute Gasteiger partial charge is 0.378 e. The lowest BCUT2D eigenvalue weighted by molar-refractivity contribution is -0.116. The standard InChI is InChI=1S/C16H33NOSi/c1-8-11-19(12-9-2,15(10-3)13(4)5)17-16(18)14(6)7/h13,15H,6,8-12H2,1-5,7H3,(H,17,18). The molecule has 112 valence electrons. The number of hydrogen-bond acceptors (Lipinski definition) is 1. The van der Waals surface area contributed by atoms with E-state index < -0.39 is 8.24 Å². The molecule has 0 aliphatic heterocycles. The number of rotatable bonds is 9. The lowest BCUT2D eigenvalue weighted by Gasteiger charge is -2.41. The molecule has 1 unspecified atom stereocenters. The minimum absolute atomic E-state index is 0.0765. The van der Waals surface area contributed by atoms with Crippen LogP contribution in [0.3, 0.4) is 0 Å². The van der Waals surface area contributed by atoms with Gasteiger partial charge in [0.2, 0.25) is 5.91 Å². The predicted molar refractivity (Wildman–Crippen MR) is 87.8 cm³/mol. The minimum Gasteiger partial charge on any atom is -0.378 e. The van der Waals surface area contributed by atoms with E-state index in [9.17, 15) is 4.79 Å². The predicted octanol–water partition coefficient (Wildman–Crippen LogP) is 4.88. The highest BCUT2D eigenvalue weighted by Crippen LogP contribution is 2.38. The van der Waals surface area contributed by atoms with Crippen molar-refractivity contribution in [2.24, 2.45) is 5.92 Å². The highest BCUT2D eigenvalue weighted by molar-refractivity contribution is 6.81. The van der Waals surface area contributed by atoms with Crippen LogP contribution in [0.25, 0.3) is 0 Å². The Morgan fingerprint density at radius 3 is 1.89 bits per heavy atom. The molecule has 0 aromatic rings. The molecule has 2 nitrogen and oxygen atoms in total. The minimum atomic E-state index is -1.77. The number of hydrogen-bond donors (Lipinski definition) is 1. The van der Waals surface area contributed by atoms with Crippen LogP contribution >= 0.6 is 0 Å². The van der Waals surface area contributed by atoms with E-state index in [0.717, 1.165) is 12.8 Å². The van der Waals surface area contributed by atoms with Crippen molar-refractivity contribution in [2.45, 2.75) is 78.4 Å². The summed E-state index contributed by atoms with van der Waals surface area (Å²) in [6.07, 6.45) is 3.48. The molecule has 0 saturated heterocycles. The summed E-state index contributed by atoms with van der Waals surface area (Å²) in [5.74, 6) is 0.716. The molecule has 0 fully saturated rings. The van der Waals surface area contributed by atoms with Crippen molar-refractivity contribution in [2.75, 3.05) is 0 Å². The van der Waals surface area contributed by atoms with Gasteiger partial charge in [0.25, 0.3) is 0 Å². The Hall–Kier alpha value is -0.573. The Labute approximate surface area is 121 Å². The zero-order valence-corrected chi connectivity index (χ0v) is 14.8. The fourth-order valence-electron chi connectivity index (χ4n) is 3.44. The molecule has 0 aliphatic carbocycles. The number of nitrogens with one attached hydrogen (secondary N) is 1. The van der Waals surface area contributed by atoms with Gasteiger partial charge in [0, 0.05) is 5.57 Å². The lowest BCUT2D eigenvalue weighted by atomic mass is 10.1. The second-order valence-electron chi connectivity index (χ2n) is 6.15. The molecule has 1 atom stereocenters. The number of carbonyl (C=O) groups excluding carboxylic acids is 1. The van der Waals surface area contributed by atoms with E-state index in [2.05, 4.69) is 46.2 Å². The number of carbonyl (C=O) groups is 1. The molecule has 0 aromatic carbocycles. The molecular weight excluding hydrogens is 250 g/mol. The second kappa shape index (κ2) is 8.57. The summed E-state index contributed by atoms with van der Waals surface area (Å²) >= 11 is 0. The molecule has 0 aliphatic rings. The Balaban J connectivity index is 5.37. The number of amides is 1. The van der Waals surface area contributed by atoms with Gasteiger partial charge in [0.1, 0.15) is 0 Å². The molecule has 0 bridgehead atoms. The summed E-state index contributed by atoms with van der Waals surface area (Å²) in [6, 6.07) is 2.38. The summed E-state index contributed by atoms with van der Waals surface area (Å²) in [5, 5.41) is 0. The quantitative estimate of drug-likeness (QED) is 0.474. The van der Waals surface area contributed by atoms with Gasteiger partial charge in [-0.25, -0.2) is 0 Å². The van der Waals surface area contributed by atoms with Gasteiger partial charge in [-0.1, -0.05) is 60.5 Å². The van der Waals surface area contributed by atoms with Crippen LogP contribution in [0, 0.1) is 5.92 Å². The van der Waals surface area contributed by atoms with Crippen LogP contribution in [0.1, 0.15) is 60.8 Å². The maximum absolute atomic E-state index is 12.2. The Bertz CT molecular complexity index is 293. The second-order valence-corrected chi connectivity index (χ2v) is 10.5. The van der Waals surface area contributed by atoms with Gasteiger partial charge in [-0.15, -0.1) is 0 Å². The summed E-state index contributed by atoms with van der Waals surface area (Å²) in [7, 11) is -1.77. The van der Waals surface area contributed by atoms with Crippen molar-refractivity contribution in [1.29, 1.82) is 0 Å². The average Bonchev–Trinajstić information content (AvgIpc) is 2.29. The average molecular weight is 284 g/mol.